The number of carbonyl (C=O) groups is 2. The molecule has 3 aromatic carbocycles. The summed E-state index contributed by atoms with van der Waals surface area (Å²) in [5.41, 5.74) is 3.30. The van der Waals surface area contributed by atoms with E-state index in [4.69, 9.17) is 0 Å². The number of hydrogen-bond donors (Lipinski definition) is 2. The number of nitrogens with one attached hydrogen (secondary N) is 2. The van der Waals surface area contributed by atoms with Gasteiger partial charge in [-0.2, -0.15) is 0 Å². The average Bonchev–Trinajstić information content (AvgIpc) is 3.31. The Balaban J connectivity index is 1.51. The van der Waals surface area contributed by atoms with E-state index in [2.05, 4.69) is 16.4 Å². The molecule has 0 radical (unpaired) electrons. The highest BCUT2D eigenvalue weighted by Crippen LogP contribution is 2.19. The summed E-state index contributed by atoms with van der Waals surface area (Å²) in [4.78, 5) is 33.2. The predicted molar refractivity (Wildman–Crippen MR) is 146 cm³/mol. The number of anilines is 1. The average molecular weight is 501 g/mol. The highest BCUT2D eigenvalue weighted by atomic mass is 19.1. The van der Waals surface area contributed by atoms with E-state index in [1.807, 2.05) is 68.6 Å². The molecule has 3 amide bonds. The second-order valence-electron chi connectivity index (χ2n) is 9.59. The Morgan fingerprint density at radius 2 is 1.62 bits per heavy atom. The van der Waals surface area contributed by atoms with E-state index in [-0.39, 0.29) is 24.1 Å². The standard InChI is InChI=1S/C30H33FN4O2/c1-22(2)19-35(30(37)33-28-15-9-7-13-26(28)31)21-29(36)34(20-23-10-4-3-5-11-23)17-16-24-18-32-27-14-8-6-12-25(24)27/h3-15,18,22,32H,16-17,19-21H2,1-2H3,(H,33,37). The first-order valence-electron chi connectivity index (χ1n) is 12.6. The normalized spacial score (nSPS) is 11.0. The Labute approximate surface area is 217 Å². The monoisotopic (exact) mass is 500 g/mol. The van der Waals surface area contributed by atoms with Crippen LogP contribution in [0.2, 0.25) is 0 Å². The second-order valence-corrected chi connectivity index (χ2v) is 9.59. The van der Waals surface area contributed by atoms with Crippen LogP contribution in [0.4, 0.5) is 14.9 Å². The van der Waals surface area contributed by atoms with Crippen molar-refractivity contribution in [2.75, 3.05) is 25.0 Å². The zero-order valence-corrected chi connectivity index (χ0v) is 21.3. The van der Waals surface area contributed by atoms with Gasteiger partial charge in [0.2, 0.25) is 5.91 Å². The number of benzene rings is 3. The molecule has 0 saturated carbocycles. The Hall–Kier alpha value is -4.13. The molecule has 0 aliphatic heterocycles. The number of urea groups is 1. The number of nitrogens with zero attached hydrogens (tertiary/aromatic N) is 2. The van der Waals surface area contributed by atoms with Crippen molar-refractivity contribution in [3.05, 3.63) is 102 Å². The molecule has 4 rings (SSSR count). The number of para-hydroxylation sites is 2. The first-order valence-corrected chi connectivity index (χ1v) is 12.6. The number of hydrogen-bond acceptors (Lipinski definition) is 2. The summed E-state index contributed by atoms with van der Waals surface area (Å²) in [5.74, 6) is -0.544. The molecule has 4 aromatic rings. The van der Waals surface area contributed by atoms with E-state index in [0.29, 0.717) is 26.1 Å². The molecule has 7 heteroatoms. The van der Waals surface area contributed by atoms with Crippen LogP contribution in [0.25, 0.3) is 10.9 Å². The molecule has 1 aromatic heterocycles. The van der Waals surface area contributed by atoms with Crippen molar-refractivity contribution < 1.29 is 14.0 Å². The number of carbonyl (C=O) groups excluding carboxylic acids is 2. The van der Waals surface area contributed by atoms with Crippen molar-refractivity contribution in [2.24, 2.45) is 5.92 Å². The van der Waals surface area contributed by atoms with Crippen LogP contribution in [0.5, 0.6) is 0 Å². The smallest absolute Gasteiger partial charge is 0.322 e. The lowest BCUT2D eigenvalue weighted by atomic mass is 10.1. The minimum absolute atomic E-state index is 0.0918. The van der Waals surface area contributed by atoms with E-state index in [1.165, 1.54) is 17.0 Å². The summed E-state index contributed by atoms with van der Waals surface area (Å²) >= 11 is 0. The van der Waals surface area contributed by atoms with Gasteiger partial charge in [0.25, 0.3) is 0 Å². The molecular formula is C30H33FN4O2. The summed E-state index contributed by atoms with van der Waals surface area (Å²) in [6, 6.07) is 23.4. The van der Waals surface area contributed by atoms with Crippen LogP contribution in [0.3, 0.4) is 0 Å². The van der Waals surface area contributed by atoms with Gasteiger partial charge in [0, 0.05) is 36.7 Å². The Kier molecular flexibility index (Phi) is 8.56. The van der Waals surface area contributed by atoms with Gasteiger partial charge in [-0.05, 0) is 41.7 Å². The van der Waals surface area contributed by atoms with Crippen LogP contribution in [-0.4, -0.2) is 46.4 Å². The third-order valence-electron chi connectivity index (χ3n) is 6.21. The van der Waals surface area contributed by atoms with Crippen LogP contribution in [0, 0.1) is 11.7 Å². The van der Waals surface area contributed by atoms with Crippen LogP contribution in [0.15, 0.2) is 85.1 Å². The molecule has 0 aliphatic carbocycles. The Morgan fingerprint density at radius 1 is 0.919 bits per heavy atom. The molecule has 0 atom stereocenters. The lowest BCUT2D eigenvalue weighted by Gasteiger charge is -2.29. The number of halogens is 1. The van der Waals surface area contributed by atoms with Gasteiger partial charge in [-0.25, -0.2) is 9.18 Å². The SMILES string of the molecule is CC(C)CN(CC(=O)N(CCc1c[nH]c2ccccc12)Cc1ccccc1)C(=O)Nc1ccccc1F. The van der Waals surface area contributed by atoms with Crippen molar-refractivity contribution in [3.63, 3.8) is 0 Å². The Bertz CT molecular complexity index is 1340. The van der Waals surface area contributed by atoms with Gasteiger partial charge in [0.1, 0.15) is 12.4 Å². The van der Waals surface area contributed by atoms with Crippen molar-refractivity contribution in [1.29, 1.82) is 0 Å². The van der Waals surface area contributed by atoms with Gasteiger partial charge < -0.3 is 20.1 Å². The number of aromatic amines is 1. The van der Waals surface area contributed by atoms with Crippen LogP contribution < -0.4 is 5.32 Å². The van der Waals surface area contributed by atoms with Gasteiger partial charge >= 0.3 is 6.03 Å². The maximum Gasteiger partial charge on any atom is 0.322 e. The van der Waals surface area contributed by atoms with Crippen LogP contribution in [-0.2, 0) is 17.8 Å². The molecule has 0 fully saturated rings. The van der Waals surface area contributed by atoms with E-state index in [9.17, 15) is 14.0 Å². The molecule has 0 spiro atoms. The molecule has 1 heterocycles. The van der Waals surface area contributed by atoms with Crippen molar-refractivity contribution in [2.45, 2.75) is 26.8 Å². The maximum absolute atomic E-state index is 14.1. The van der Waals surface area contributed by atoms with Gasteiger partial charge in [0.15, 0.2) is 0 Å². The predicted octanol–water partition coefficient (Wildman–Crippen LogP) is 6.07. The molecular weight excluding hydrogens is 467 g/mol. The number of aromatic nitrogens is 1. The molecule has 37 heavy (non-hydrogen) atoms. The summed E-state index contributed by atoms with van der Waals surface area (Å²) in [6.07, 6.45) is 2.66. The molecule has 0 saturated heterocycles. The number of H-pyrrole nitrogens is 1. The summed E-state index contributed by atoms with van der Waals surface area (Å²) in [5, 5.41) is 3.76. The van der Waals surface area contributed by atoms with E-state index < -0.39 is 11.8 Å². The second kappa shape index (κ2) is 12.2. The molecule has 0 aliphatic rings. The molecule has 0 unspecified atom stereocenters. The number of fused-ring (bicyclic) bond motifs is 1. The topological polar surface area (TPSA) is 68.4 Å². The van der Waals surface area contributed by atoms with Crippen molar-refractivity contribution in [3.8, 4) is 0 Å². The minimum Gasteiger partial charge on any atom is -0.361 e. The van der Waals surface area contributed by atoms with Crippen LogP contribution in [0.1, 0.15) is 25.0 Å². The fourth-order valence-electron chi connectivity index (χ4n) is 4.37. The zero-order chi connectivity index (χ0) is 26.2. The van der Waals surface area contributed by atoms with Crippen LogP contribution >= 0.6 is 0 Å². The third kappa shape index (κ3) is 6.97. The minimum atomic E-state index is -0.517. The number of rotatable bonds is 10. The first-order chi connectivity index (χ1) is 17.9. The summed E-state index contributed by atoms with van der Waals surface area (Å²) < 4.78 is 14.1. The first kappa shape index (κ1) is 25.9. The summed E-state index contributed by atoms with van der Waals surface area (Å²) in [6.45, 7) is 5.17. The molecule has 6 nitrogen and oxygen atoms in total. The quantitative estimate of drug-likeness (QED) is 0.278. The van der Waals surface area contributed by atoms with E-state index >= 15 is 0 Å². The van der Waals surface area contributed by atoms with Gasteiger partial charge in [0.05, 0.1) is 5.69 Å². The fourth-order valence-corrected chi connectivity index (χ4v) is 4.37. The highest BCUT2D eigenvalue weighted by Gasteiger charge is 2.23. The zero-order valence-electron chi connectivity index (χ0n) is 21.3. The van der Waals surface area contributed by atoms with Gasteiger partial charge in [-0.3, -0.25) is 4.79 Å². The van der Waals surface area contributed by atoms with Gasteiger partial charge in [-0.1, -0.05) is 74.5 Å². The van der Waals surface area contributed by atoms with E-state index in [1.54, 1.807) is 17.0 Å². The summed E-state index contributed by atoms with van der Waals surface area (Å²) in [7, 11) is 0. The maximum atomic E-state index is 14.1. The largest absolute Gasteiger partial charge is 0.361 e. The Morgan fingerprint density at radius 3 is 2.38 bits per heavy atom. The lowest BCUT2D eigenvalue weighted by Crippen LogP contribution is -2.46. The lowest BCUT2D eigenvalue weighted by molar-refractivity contribution is -0.132. The third-order valence-corrected chi connectivity index (χ3v) is 6.21. The molecule has 192 valence electrons. The number of amides is 3. The highest BCUT2D eigenvalue weighted by molar-refractivity contribution is 5.92. The van der Waals surface area contributed by atoms with Crippen molar-refractivity contribution >= 4 is 28.5 Å². The van der Waals surface area contributed by atoms with Crippen molar-refractivity contribution in [1.82, 2.24) is 14.8 Å². The molecule has 0 bridgehead atoms. The van der Waals surface area contributed by atoms with E-state index in [0.717, 1.165) is 22.0 Å². The fraction of sp³-hybridized carbons (Fsp3) is 0.267. The van der Waals surface area contributed by atoms with Gasteiger partial charge in [-0.15, -0.1) is 0 Å². The molecule has 2 N–H and O–H groups in total.